The van der Waals surface area contributed by atoms with Gasteiger partial charge < -0.3 is 0 Å². The van der Waals surface area contributed by atoms with E-state index < -0.39 is 0 Å². The number of rotatable bonds is 2. The molecule has 1 unspecified atom stereocenters. The number of aryl methyl sites for hydroxylation is 2. The molecule has 1 atom stereocenters. The number of hydrogen-bond acceptors (Lipinski definition) is 2. The van der Waals surface area contributed by atoms with Gasteiger partial charge in [-0.2, -0.15) is 0 Å². The molecule has 1 heterocycles. The highest BCUT2D eigenvalue weighted by atomic mass is 35.5. The van der Waals surface area contributed by atoms with Gasteiger partial charge in [0.25, 0.3) is 0 Å². The molecule has 0 aliphatic carbocycles. The molecule has 0 N–H and O–H groups in total. The van der Waals surface area contributed by atoms with E-state index in [1.807, 2.05) is 20.8 Å². The zero-order valence-corrected chi connectivity index (χ0v) is 8.39. The minimum absolute atomic E-state index is 0.125. The van der Waals surface area contributed by atoms with Crippen molar-refractivity contribution in [3.05, 3.63) is 23.3 Å². The maximum atomic E-state index is 5.87. The molecule has 12 heavy (non-hydrogen) atoms. The Hall–Kier alpha value is -0.630. The zero-order valence-electron chi connectivity index (χ0n) is 7.63. The second kappa shape index (κ2) is 3.85. The molecule has 0 aromatic carbocycles. The Kier molecular flexibility index (Phi) is 3.04. The summed E-state index contributed by atoms with van der Waals surface area (Å²) in [5.41, 5.74) is 2.94. The van der Waals surface area contributed by atoms with Crippen LogP contribution in [0.2, 0.25) is 0 Å². The van der Waals surface area contributed by atoms with Crippen LogP contribution in [0.1, 0.15) is 24.0 Å². The monoisotopic (exact) mass is 184 g/mol. The van der Waals surface area contributed by atoms with E-state index in [2.05, 4.69) is 9.97 Å². The SMILES string of the molecule is Cc1cnc(C)c(CC(C)Cl)n1. The summed E-state index contributed by atoms with van der Waals surface area (Å²) in [7, 11) is 0. The van der Waals surface area contributed by atoms with Gasteiger partial charge in [-0.1, -0.05) is 0 Å². The van der Waals surface area contributed by atoms with E-state index in [1.165, 1.54) is 0 Å². The first kappa shape index (κ1) is 9.46. The summed E-state index contributed by atoms with van der Waals surface area (Å²) in [6, 6.07) is 0. The highest BCUT2D eigenvalue weighted by molar-refractivity contribution is 6.20. The lowest BCUT2D eigenvalue weighted by atomic mass is 10.2. The lowest BCUT2D eigenvalue weighted by Crippen LogP contribution is -2.04. The van der Waals surface area contributed by atoms with Crippen LogP contribution in [0.25, 0.3) is 0 Å². The van der Waals surface area contributed by atoms with Crippen LogP contribution in [0.3, 0.4) is 0 Å². The first-order valence-electron chi connectivity index (χ1n) is 4.03. The van der Waals surface area contributed by atoms with Crippen LogP contribution in [0, 0.1) is 13.8 Å². The zero-order chi connectivity index (χ0) is 9.14. The van der Waals surface area contributed by atoms with E-state index in [4.69, 9.17) is 11.6 Å². The lowest BCUT2D eigenvalue weighted by molar-refractivity contribution is 0.848. The highest BCUT2D eigenvalue weighted by Crippen LogP contribution is 2.08. The van der Waals surface area contributed by atoms with Crippen molar-refractivity contribution in [2.24, 2.45) is 0 Å². The van der Waals surface area contributed by atoms with E-state index in [0.717, 1.165) is 23.5 Å². The summed E-state index contributed by atoms with van der Waals surface area (Å²) in [6.07, 6.45) is 2.57. The van der Waals surface area contributed by atoms with Crippen molar-refractivity contribution in [3.8, 4) is 0 Å². The molecule has 2 nitrogen and oxygen atoms in total. The Morgan fingerprint density at radius 2 is 2.17 bits per heavy atom. The number of aromatic nitrogens is 2. The number of halogens is 1. The Morgan fingerprint density at radius 1 is 1.50 bits per heavy atom. The van der Waals surface area contributed by atoms with Crippen molar-refractivity contribution in [1.82, 2.24) is 9.97 Å². The summed E-state index contributed by atoms with van der Waals surface area (Å²) in [5, 5.41) is 0.125. The maximum Gasteiger partial charge on any atom is 0.0633 e. The molecular weight excluding hydrogens is 172 g/mol. The highest BCUT2D eigenvalue weighted by Gasteiger charge is 2.05. The third-order valence-electron chi connectivity index (χ3n) is 1.65. The van der Waals surface area contributed by atoms with E-state index >= 15 is 0 Å². The number of hydrogen-bond donors (Lipinski definition) is 0. The van der Waals surface area contributed by atoms with Crippen molar-refractivity contribution in [2.45, 2.75) is 32.6 Å². The summed E-state index contributed by atoms with van der Waals surface area (Å²) in [5.74, 6) is 0. The van der Waals surface area contributed by atoms with Gasteiger partial charge in [-0.05, 0) is 20.8 Å². The molecule has 1 aromatic rings. The molecule has 0 saturated carbocycles. The number of nitrogens with zero attached hydrogens (tertiary/aromatic N) is 2. The molecule has 1 aromatic heterocycles. The first-order chi connectivity index (χ1) is 5.59. The Balaban J connectivity index is 2.90. The van der Waals surface area contributed by atoms with Crippen LogP contribution >= 0.6 is 11.6 Å². The van der Waals surface area contributed by atoms with Crippen molar-refractivity contribution < 1.29 is 0 Å². The molecule has 0 aliphatic heterocycles. The third-order valence-corrected chi connectivity index (χ3v) is 1.80. The second-order valence-corrected chi connectivity index (χ2v) is 3.77. The van der Waals surface area contributed by atoms with Crippen LogP contribution in [0.5, 0.6) is 0 Å². The predicted octanol–water partition coefficient (Wildman–Crippen LogP) is 2.26. The van der Waals surface area contributed by atoms with E-state index in [0.29, 0.717) is 0 Å². The summed E-state index contributed by atoms with van der Waals surface area (Å²) >= 11 is 5.87. The lowest BCUT2D eigenvalue weighted by Gasteiger charge is -2.05. The van der Waals surface area contributed by atoms with E-state index in [9.17, 15) is 0 Å². The van der Waals surface area contributed by atoms with Gasteiger partial charge in [-0.15, -0.1) is 11.6 Å². The van der Waals surface area contributed by atoms with Gasteiger partial charge in [-0.3, -0.25) is 9.97 Å². The van der Waals surface area contributed by atoms with Crippen molar-refractivity contribution in [1.29, 1.82) is 0 Å². The normalized spacial score (nSPS) is 13.0. The molecule has 0 aliphatic rings. The van der Waals surface area contributed by atoms with Gasteiger partial charge in [0, 0.05) is 18.0 Å². The fourth-order valence-corrected chi connectivity index (χ4v) is 1.19. The van der Waals surface area contributed by atoms with E-state index in [1.54, 1.807) is 6.20 Å². The molecule has 3 heteroatoms. The molecule has 1 rings (SSSR count). The van der Waals surface area contributed by atoms with Crippen LogP contribution in [0.15, 0.2) is 6.20 Å². The van der Waals surface area contributed by atoms with Gasteiger partial charge in [-0.25, -0.2) is 0 Å². The molecule has 0 radical (unpaired) electrons. The Labute approximate surface area is 78.0 Å². The van der Waals surface area contributed by atoms with Crippen LogP contribution in [0.4, 0.5) is 0 Å². The summed E-state index contributed by atoms with van der Waals surface area (Å²) in [4.78, 5) is 8.58. The standard InChI is InChI=1S/C9H13ClN2/c1-6(10)4-9-8(3)11-5-7(2)12-9/h5-6H,4H2,1-3H3. The average Bonchev–Trinajstić information content (AvgIpc) is 1.96. The van der Waals surface area contributed by atoms with Crippen LogP contribution in [-0.4, -0.2) is 15.3 Å². The van der Waals surface area contributed by atoms with Gasteiger partial charge >= 0.3 is 0 Å². The average molecular weight is 185 g/mol. The molecule has 0 amide bonds. The molecule has 0 bridgehead atoms. The topological polar surface area (TPSA) is 25.8 Å². The summed E-state index contributed by atoms with van der Waals surface area (Å²) in [6.45, 7) is 5.86. The molecular formula is C9H13ClN2. The van der Waals surface area contributed by atoms with E-state index in [-0.39, 0.29) is 5.38 Å². The quantitative estimate of drug-likeness (QED) is 0.659. The van der Waals surface area contributed by atoms with Crippen LogP contribution in [-0.2, 0) is 6.42 Å². The van der Waals surface area contributed by atoms with Crippen molar-refractivity contribution in [3.63, 3.8) is 0 Å². The van der Waals surface area contributed by atoms with Crippen molar-refractivity contribution >= 4 is 11.6 Å². The fraction of sp³-hybridized carbons (Fsp3) is 0.556. The van der Waals surface area contributed by atoms with Crippen LogP contribution < -0.4 is 0 Å². The third kappa shape index (κ3) is 2.45. The van der Waals surface area contributed by atoms with Gasteiger partial charge in [0.15, 0.2) is 0 Å². The first-order valence-corrected chi connectivity index (χ1v) is 4.46. The maximum absolute atomic E-state index is 5.87. The Bertz CT molecular complexity index is 271. The molecule has 0 spiro atoms. The molecule has 66 valence electrons. The largest absolute Gasteiger partial charge is 0.258 e. The second-order valence-electron chi connectivity index (χ2n) is 3.03. The van der Waals surface area contributed by atoms with Crippen molar-refractivity contribution in [2.75, 3.05) is 0 Å². The Morgan fingerprint density at radius 3 is 2.75 bits per heavy atom. The molecule has 0 fully saturated rings. The molecule has 0 saturated heterocycles. The summed E-state index contributed by atoms with van der Waals surface area (Å²) < 4.78 is 0. The predicted molar refractivity (Wildman–Crippen MR) is 50.5 cm³/mol. The number of alkyl halides is 1. The van der Waals surface area contributed by atoms with Gasteiger partial charge in [0.1, 0.15) is 0 Å². The smallest absolute Gasteiger partial charge is 0.0633 e. The fourth-order valence-electron chi connectivity index (χ4n) is 1.05. The minimum Gasteiger partial charge on any atom is -0.258 e. The van der Waals surface area contributed by atoms with Gasteiger partial charge in [0.05, 0.1) is 17.1 Å². The minimum atomic E-state index is 0.125. The van der Waals surface area contributed by atoms with Gasteiger partial charge in [0.2, 0.25) is 0 Å².